The summed E-state index contributed by atoms with van der Waals surface area (Å²) in [6.45, 7) is 3.44. The van der Waals surface area contributed by atoms with Gasteiger partial charge in [-0.15, -0.1) is 0 Å². The fraction of sp³-hybridized carbons (Fsp3) is 0.394. The number of nitriles is 1. The first-order chi connectivity index (χ1) is 18.9. The molecule has 4 nitrogen and oxygen atoms in total. The maximum absolute atomic E-state index is 15.2. The molecule has 39 heavy (non-hydrogen) atoms. The molecule has 2 unspecified atom stereocenters. The molecule has 2 aliphatic rings. The Balaban J connectivity index is 1.32. The normalized spacial score (nSPS) is 27.4. The van der Waals surface area contributed by atoms with Crippen LogP contribution in [0, 0.1) is 28.9 Å². The zero-order chi connectivity index (χ0) is 27.5. The molecule has 1 heterocycles. The monoisotopic (exact) mass is 528 g/mol. The smallest absolute Gasteiger partial charge is 0.317 e. The van der Waals surface area contributed by atoms with E-state index in [1.165, 1.54) is 18.2 Å². The summed E-state index contributed by atoms with van der Waals surface area (Å²) >= 11 is 0. The molecular weight excluding hydrogens is 494 g/mol. The van der Waals surface area contributed by atoms with E-state index in [-0.39, 0.29) is 36.2 Å². The Hall–Kier alpha value is -3.56. The number of rotatable bonds is 6. The summed E-state index contributed by atoms with van der Waals surface area (Å²) in [7, 11) is 0. The number of hydrogen-bond donors (Lipinski definition) is 0. The number of nitrogens with zero attached hydrogens (tertiary/aromatic N) is 2. The van der Waals surface area contributed by atoms with E-state index < -0.39 is 10.8 Å². The zero-order valence-electron chi connectivity index (χ0n) is 22.3. The Kier molecular flexibility index (Phi) is 7.81. The van der Waals surface area contributed by atoms with Gasteiger partial charge in [0.15, 0.2) is 0 Å². The number of carbonyl (C=O) groups excluding carboxylic acids is 1. The van der Waals surface area contributed by atoms with Crippen LogP contribution in [0.25, 0.3) is 0 Å². The molecule has 0 spiro atoms. The van der Waals surface area contributed by atoms with Crippen molar-refractivity contribution in [2.24, 2.45) is 5.92 Å². The number of ether oxygens (including phenoxy) is 1. The molecule has 1 aliphatic heterocycles. The van der Waals surface area contributed by atoms with E-state index in [0.29, 0.717) is 37.9 Å². The van der Waals surface area contributed by atoms with Crippen LogP contribution in [0.5, 0.6) is 0 Å². The minimum Gasteiger partial charge on any atom is -0.460 e. The summed E-state index contributed by atoms with van der Waals surface area (Å²) in [4.78, 5) is 16.2. The van der Waals surface area contributed by atoms with Gasteiger partial charge < -0.3 is 9.64 Å². The van der Waals surface area contributed by atoms with Crippen molar-refractivity contribution in [1.82, 2.24) is 4.90 Å². The molecular formula is C33H34F2N2O2. The highest BCUT2D eigenvalue weighted by Crippen LogP contribution is 2.46. The largest absolute Gasteiger partial charge is 0.460 e. The van der Waals surface area contributed by atoms with Crippen LogP contribution in [0.2, 0.25) is 0 Å². The van der Waals surface area contributed by atoms with E-state index >= 15 is 4.39 Å². The highest BCUT2D eigenvalue weighted by molar-refractivity contribution is 5.84. The molecule has 2 fully saturated rings. The van der Waals surface area contributed by atoms with Crippen LogP contribution in [0.15, 0.2) is 78.9 Å². The molecule has 5 rings (SSSR count). The van der Waals surface area contributed by atoms with Crippen molar-refractivity contribution in [2.45, 2.75) is 62.5 Å². The SMILES string of the molecule is CC1CN(C2CCC(C#N)(c3ccc(F)cc3)CC2)CCC1(C(=O)OCc1ccccc1)c1ccccc1F. The Morgan fingerprint density at radius 1 is 0.974 bits per heavy atom. The first kappa shape index (κ1) is 27.0. The van der Waals surface area contributed by atoms with Crippen LogP contribution in [-0.4, -0.2) is 30.0 Å². The number of hydrogen-bond acceptors (Lipinski definition) is 4. The number of carbonyl (C=O) groups is 1. The van der Waals surface area contributed by atoms with E-state index in [4.69, 9.17) is 4.74 Å². The molecule has 0 radical (unpaired) electrons. The third-order valence-electron chi connectivity index (χ3n) is 9.01. The lowest BCUT2D eigenvalue weighted by Crippen LogP contribution is -2.57. The van der Waals surface area contributed by atoms with E-state index in [1.807, 2.05) is 37.3 Å². The van der Waals surface area contributed by atoms with Crippen molar-refractivity contribution in [2.75, 3.05) is 13.1 Å². The quantitative estimate of drug-likeness (QED) is 0.335. The molecule has 1 aliphatic carbocycles. The van der Waals surface area contributed by atoms with Gasteiger partial charge in [-0.3, -0.25) is 4.79 Å². The average Bonchev–Trinajstić information content (AvgIpc) is 2.97. The summed E-state index contributed by atoms with van der Waals surface area (Å²) in [5.74, 6) is -1.24. The lowest BCUT2D eigenvalue weighted by atomic mass is 9.65. The maximum Gasteiger partial charge on any atom is 0.317 e. The topological polar surface area (TPSA) is 53.3 Å². The lowest BCUT2D eigenvalue weighted by Gasteiger charge is -2.49. The van der Waals surface area contributed by atoms with Gasteiger partial charge >= 0.3 is 5.97 Å². The van der Waals surface area contributed by atoms with Crippen LogP contribution in [0.3, 0.4) is 0 Å². The van der Waals surface area contributed by atoms with Gasteiger partial charge in [-0.1, -0.05) is 67.6 Å². The average molecular weight is 529 g/mol. The first-order valence-electron chi connectivity index (χ1n) is 13.8. The molecule has 0 N–H and O–H groups in total. The van der Waals surface area contributed by atoms with Crippen LogP contribution < -0.4 is 0 Å². The van der Waals surface area contributed by atoms with Gasteiger partial charge in [-0.2, -0.15) is 5.26 Å². The number of likely N-dealkylation sites (tertiary alicyclic amines) is 1. The molecule has 6 heteroatoms. The number of esters is 1. The zero-order valence-corrected chi connectivity index (χ0v) is 22.3. The predicted molar refractivity (Wildman–Crippen MR) is 146 cm³/mol. The second-order valence-electron chi connectivity index (χ2n) is 11.1. The molecule has 0 amide bonds. The Morgan fingerprint density at radius 2 is 1.64 bits per heavy atom. The van der Waals surface area contributed by atoms with Gasteiger partial charge in [0.25, 0.3) is 0 Å². The van der Waals surface area contributed by atoms with Crippen molar-refractivity contribution in [3.63, 3.8) is 0 Å². The second-order valence-corrected chi connectivity index (χ2v) is 11.1. The minimum atomic E-state index is -1.07. The van der Waals surface area contributed by atoms with E-state index in [0.717, 1.165) is 24.0 Å². The lowest BCUT2D eigenvalue weighted by molar-refractivity contribution is -0.157. The van der Waals surface area contributed by atoms with E-state index in [9.17, 15) is 14.4 Å². The molecule has 2 atom stereocenters. The highest BCUT2D eigenvalue weighted by Gasteiger charge is 2.52. The van der Waals surface area contributed by atoms with Crippen LogP contribution >= 0.6 is 0 Å². The predicted octanol–water partition coefficient (Wildman–Crippen LogP) is 6.69. The van der Waals surface area contributed by atoms with Gasteiger partial charge in [0, 0.05) is 18.2 Å². The van der Waals surface area contributed by atoms with Crippen molar-refractivity contribution < 1.29 is 18.3 Å². The summed E-state index contributed by atoms with van der Waals surface area (Å²) in [6, 6.07) is 25.2. The molecule has 0 aromatic heterocycles. The summed E-state index contributed by atoms with van der Waals surface area (Å²) in [5, 5.41) is 10.1. The molecule has 1 saturated heterocycles. The fourth-order valence-corrected chi connectivity index (χ4v) is 6.68. The third kappa shape index (κ3) is 5.21. The third-order valence-corrected chi connectivity index (χ3v) is 9.01. The minimum absolute atomic E-state index is 0.147. The number of halogens is 2. The van der Waals surface area contributed by atoms with Gasteiger partial charge in [0.2, 0.25) is 0 Å². The van der Waals surface area contributed by atoms with Gasteiger partial charge in [0.1, 0.15) is 23.7 Å². The molecule has 3 aromatic carbocycles. The van der Waals surface area contributed by atoms with Crippen molar-refractivity contribution in [1.29, 1.82) is 5.26 Å². The number of benzene rings is 3. The van der Waals surface area contributed by atoms with Crippen molar-refractivity contribution >= 4 is 5.97 Å². The van der Waals surface area contributed by atoms with Crippen LogP contribution in [-0.2, 0) is 27.0 Å². The van der Waals surface area contributed by atoms with Gasteiger partial charge in [0.05, 0.1) is 11.5 Å². The Bertz CT molecular complexity index is 1330. The maximum atomic E-state index is 15.2. The molecule has 0 bridgehead atoms. The molecule has 3 aromatic rings. The van der Waals surface area contributed by atoms with Crippen molar-refractivity contribution in [3.05, 3.63) is 107 Å². The standard InChI is InChI=1S/C33H34F2N2O2/c1-24-21-37(28-15-17-32(23-36,18-16-28)26-11-13-27(34)14-12-26)20-19-33(24,29-9-5-6-10-30(29)35)31(38)39-22-25-7-3-2-4-8-25/h2-14,24,28H,15-22H2,1H3. The van der Waals surface area contributed by atoms with Crippen LogP contribution in [0.4, 0.5) is 8.78 Å². The molecule has 202 valence electrons. The highest BCUT2D eigenvalue weighted by atomic mass is 19.1. The summed E-state index contributed by atoms with van der Waals surface area (Å²) in [5.41, 5.74) is 0.485. The Morgan fingerprint density at radius 3 is 2.28 bits per heavy atom. The van der Waals surface area contributed by atoms with E-state index in [2.05, 4.69) is 11.0 Å². The number of piperidine rings is 1. The first-order valence-corrected chi connectivity index (χ1v) is 13.8. The van der Waals surface area contributed by atoms with Crippen LogP contribution in [0.1, 0.15) is 55.7 Å². The van der Waals surface area contributed by atoms with Crippen molar-refractivity contribution in [3.8, 4) is 6.07 Å². The summed E-state index contributed by atoms with van der Waals surface area (Å²) < 4.78 is 34.5. The second kappa shape index (κ2) is 11.3. The van der Waals surface area contributed by atoms with Gasteiger partial charge in [-0.05, 0) is 73.9 Å². The van der Waals surface area contributed by atoms with E-state index in [1.54, 1.807) is 30.3 Å². The molecule has 1 saturated carbocycles. The van der Waals surface area contributed by atoms with Gasteiger partial charge in [-0.25, -0.2) is 8.78 Å². The summed E-state index contributed by atoms with van der Waals surface area (Å²) in [6.07, 6.45) is 3.52. The fourth-order valence-electron chi connectivity index (χ4n) is 6.68. The Labute approximate surface area is 229 Å².